The molecule has 9 nitrogen and oxygen atoms in total. The summed E-state index contributed by atoms with van der Waals surface area (Å²) >= 11 is 0. The van der Waals surface area contributed by atoms with Crippen LogP contribution in [0.2, 0.25) is 0 Å². The molecule has 1 amide bonds. The SMILES string of the molecule is CCCc1nc(C)c2c(=O)[nH]c(-c3cc(CN(C)C(C)(C)C(=O)NC)ccc3OCC)nn12. The van der Waals surface area contributed by atoms with Gasteiger partial charge in [0, 0.05) is 20.0 Å². The number of ether oxygens (including phenoxy) is 1. The number of hydrogen-bond acceptors (Lipinski definition) is 6. The highest BCUT2D eigenvalue weighted by Gasteiger charge is 2.31. The number of fused-ring (bicyclic) bond motifs is 1. The highest BCUT2D eigenvalue weighted by Crippen LogP contribution is 2.30. The van der Waals surface area contributed by atoms with Crippen molar-refractivity contribution in [3.63, 3.8) is 0 Å². The number of nitrogens with one attached hydrogen (secondary N) is 2. The molecule has 0 spiro atoms. The molecule has 178 valence electrons. The molecule has 0 radical (unpaired) electrons. The quantitative estimate of drug-likeness (QED) is 0.515. The summed E-state index contributed by atoms with van der Waals surface area (Å²) in [5.41, 5.74) is 1.85. The molecule has 0 saturated heterocycles. The second-order valence-electron chi connectivity index (χ2n) is 8.68. The number of imidazole rings is 1. The zero-order chi connectivity index (χ0) is 24.3. The van der Waals surface area contributed by atoms with E-state index in [2.05, 4.69) is 22.2 Å². The first-order valence-corrected chi connectivity index (χ1v) is 11.3. The Bertz CT molecular complexity index is 1210. The van der Waals surface area contributed by atoms with Crippen LogP contribution in [0.4, 0.5) is 0 Å². The molecule has 0 atom stereocenters. The molecule has 0 unspecified atom stereocenters. The predicted octanol–water partition coefficient (Wildman–Crippen LogP) is 2.70. The molecular formula is C24H34N6O3. The zero-order valence-corrected chi connectivity index (χ0v) is 20.6. The van der Waals surface area contributed by atoms with Gasteiger partial charge in [-0.15, -0.1) is 5.10 Å². The lowest BCUT2D eigenvalue weighted by Crippen LogP contribution is -2.52. The fourth-order valence-corrected chi connectivity index (χ4v) is 3.84. The molecule has 1 aromatic carbocycles. The summed E-state index contributed by atoms with van der Waals surface area (Å²) in [6, 6.07) is 5.80. The van der Waals surface area contributed by atoms with Crippen LogP contribution in [0.25, 0.3) is 16.9 Å². The summed E-state index contributed by atoms with van der Waals surface area (Å²) in [5.74, 6) is 1.75. The molecule has 0 aliphatic carbocycles. The molecule has 0 fully saturated rings. The fourth-order valence-electron chi connectivity index (χ4n) is 3.84. The first-order chi connectivity index (χ1) is 15.6. The van der Waals surface area contributed by atoms with Gasteiger partial charge in [0.15, 0.2) is 11.3 Å². The Labute approximate surface area is 194 Å². The normalized spacial score (nSPS) is 11.9. The minimum absolute atomic E-state index is 0.0634. The van der Waals surface area contributed by atoms with Crippen LogP contribution in [0, 0.1) is 6.92 Å². The minimum atomic E-state index is -0.692. The van der Waals surface area contributed by atoms with Crippen molar-refractivity contribution in [1.82, 2.24) is 29.8 Å². The van der Waals surface area contributed by atoms with Gasteiger partial charge in [0.2, 0.25) is 5.91 Å². The number of benzene rings is 1. The standard InChI is InChI=1S/C24H34N6O3/c1-8-10-19-26-15(3)20-22(31)27-21(28-30(19)20)17-13-16(11-12-18(17)33-9-2)14-29(7)24(4,5)23(32)25-6/h11-13H,8-10,14H2,1-7H3,(H,25,32)(H,27,28,31). The van der Waals surface area contributed by atoms with Gasteiger partial charge in [0.05, 0.1) is 23.4 Å². The number of likely N-dealkylation sites (N-methyl/N-ethyl adjacent to an activating group) is 2. The second-order valence-corrected chi connectivity index (χ2v) is 8.68. The molecule has 0 aliphatic heterocycles. The van der Waals surface area contributed by atoms with Gasteiger partial charge in [-0.2, -0.15) is 0 Å². The Morgan fingerprint density at radius 3 is 2.67 bits per heavy atom. The summed E-state index contributed by atoms with van der Waals surface area (Å²) in [6.07, 6.45) is 1.62. The molecule has 9 heteroatoms. The maximum Gasteiger partial charge on any atom is 0.277 e. The molecule has 0 bridgehead atoms. The second kappa shape index (κ2) is 9.74. The number of rotatable bonds is 9. The first-order valence-electron chi connectivity index (χ1n) is 11.3. The minimum Gasteiger partial charge on any atom is -0.493 e. The number of carbonyl (C=O) groups excluding carboxylic acids is 1. The third-order valence-electron chi connectivity index (χ3n) is 5.97. The number of carbonyl (C=O) groups is 1. The lowest BCUT2D eigenvalue weighted by molar-refractivity contribution is -0.130. The van der Waals surface area contributed by atoms with Crippen LogP contribution in [0.3, 0.4) is 0 Å². The van der Waals surface area contributed by atoms with E-state index in [0.717, 1.165) is 24.2 Å². The van der Waals surface area contributed by atoms with Gasteiger partial charge < -0.3 is 15.0 Å². The van der Waals surface area contributed by atoms with E-state index in [-0.39, 0.29) is 11.5 Å². The van der Waals surface area contributed by atoms with Crippen LogP contribution in [0.5, 0.6) is 5.75 Å². The van der Waals surface area contributed by atoms with E-state index in [0.29, 0.717) is 41.5 Å². The van der Waals surface area contributed by atoms with E-state index in [1.165, 1.54) is 0 Å². The summed E-state index contributed by atoms with van der Waals surface area (Å²) in [5, 5.41) is 7.46. The number of aromatic amines is 1. The van der Waals surface area contributed by atoms with Gasteiger partial charge in [-0.1, -0.05) is 13.0 Å². The highest BCUT2D eigenvalue weighted by atomic mass is 16.5. The number of aryl methyl sites for hydroxylation is 2. The van der Waals surface area contributed by atoms with Crippen LogP contribution in [-0.2, 0) is 17.8 Å². The summed E-state index contributed by atoms with van der Waals surface area (Å²) in [6.45, 7) is 10.6. The summed E-state index contributed by atoms with van der Waals surface area (Å²) in [4.78, 5) is 34.7. The smallest absolute Gasteiger partial charge is 0.277 e. The first kappa shape index (κ1) is 24.4. The van der Waals surface area contributed by atoms with Crippen molar-refractivity contribution in [3.05, 3.63) is 45.6 Å². The Hall–Kier alpha value is -3.20. The highest BCUT2D eigenvalue weighted by molar-refractivity contribution is 5.85. The van der Waals surface area contributed by atoms with E-state index in [1.807, 2.05) is 57.8 Å². The molecular weight excluding hydrogens is 420 g/mol. The van der Waals surface area contributed by atoms with Crippen molar-refractivity contribution in [2.24, 2.45) is 0 Å². The van der Waals surface area contributed by atoms with E-state index in [9.17, 15) is 9.59 Å². The van der Waals surface area contributed by atoms with Crippen molar-refractivity contribution in [1.29, 1.82) is 0 Å². The van der Waals surface area contributed by atoms with Gasteiger partial charge in [-0.3, -0.25) is 14.5 Å². The number of H-pyrrole nitrogens is 1. The van der Waals surface area contributed by atoms with Crippen molar-refractivity contribution in [3.8, 4) is 17.1 Å². The largest absolute Gasteiger partial charge is 0.493 e. The molecule has 2 heterocycles. The van der Waals surface area contributed by atoms with E-state index < -0.39 is 5.54 Å². The Balaban J connectivity index is 2.10. The number of aromatic nitrogens is 4. The predicted molar refractivity (Wildman–Crippen MR) is 129 cm³/mol. The number of amides is 1. The lowest BCUT2D eigenvalue weighted by Gasteiger charge is -2.33. The van der Waals surface area contributed by atoms with Gasteiger partial charge in [-0.05, 0) is 58.9 Å². The third-order valence-corrected chi connectivity index (χ3v) is 5.97. The van der Waals surface area contributed by atoms with Gasteiger partial charge in [0.25, 0.3) is 5.56 Å². The van der Waals surface area contributed by atoms with Gasteiger partial charge >= 0.3 is 0 Å². The van der Waals surface area contributed by atoms with E-state index in [1.54, 1.807) is 11.6 Å². The van der Waals surface area contributed by atoms with Crippen LogP contribution >= 0.6 is 0 Å². The van der Waals surface area contributed by atoms with E-state index >= 15 is 0 Å². The summed E-state index contributed by atoms with van der Waals surface area (Å²) < 4.78 is 7.49. The monoisotopic (exact) mass is 454 g/mol. The third kappa shape index (κ3) is 4.78. The van der Waals surface area contributed by atoms with Crippen LogP contribution < -0.4 is 15.6 Å². The Morgan fingerprint density at radius 1 is 1.30 bits per heavy atom. The van der Waals surface area contributed by atoms with Gasteiger partial charge in [0.1, 0.15) is 11.6 Å². The zero-order valence-electron chi connectivity index (χ0n) is 20.6. The van der Waals surface area contributed by atoms with E-state index in [4.69, 9.17) is 9.84 Å². The number of nitrogens with zero attached hydrogens (tertiary/aromatic N) is 4. The molecule has 2 aromatic heterocycles. The maximum absolute atomic E-state index is 12.9. The van der Waals surface area contributed by atoms with Gasteiger partial charge in [-0.25, -0.2) is 9.50 Å². The Kier molecular flexibility index (Phi) is 7.22. The Morgan fingerprint density at radius 2 is 2.03 bits per heavy atom. The van der Waals surface area contributed by atoms with Crippen LogP contribution in [0.15, 0.2) is 23.0 Å². The molecule has 3 aromatic rings. The van der Waals surface area contributed by atoms with Crippen molar-refractivity contribution in [2.45, 2.75) is 59.5 Å². The van der Waals surface area contributed by atoms with Crippen molar-refractivity contribution >= 4 is 11.4 Å². The van der Waals surface area contributed by atoms with Crippen LogP contribution in [-0.4, -0.2) is 56.6 Å². The maximum atomic E-state index is 12.9. The molecule has 0 saturated carbocycles. The average molecular weight is 455 g/mol. The van der Waals surface area contributed by atoms with Crippen molar-refractivity contribution < 1.29 is 9.53 Å². The lowest BCUT2D eigenvalue weighted by atomic mass is 10.0. The molecule has 3 rings (SSSR count). The average Bonchev–Trinajstić information content (AvgIpc) is 3.10. The number of hydrogen-bond donors (Lipinski definition) is 2. The van der Waals surface area contributed by atoms with Crippen molar-refractivity contribution in [2.75, 3.05) is 20.7 Å². The molecule has 2 N–H and O–H groups in total. The topological polar surface area (TPSA) is 105 Å². The molecule has 33 heavy (non-hydrogen) atoms. The fraction of sp³-hybridized carbons (Fsp3) is 0.500. The summed E-state index contributed by atoms with van der Waals surface area (Å²) in [7, 11) is 3.54. The van der Waals surface area contributed by atoms with Crippen LogP contribution in [0.1, 0.15) is 51.2 Å². The molecule has 0 aliphatic rings.